The molecule has 4 heteroatoms. The van der Waals surface area contributed by atoms with Crippen molar-refractivity contribution >= 4 is 11.0 Å². The van der Waals surface area contributed by atoms with E-state index in [1.807, 2.05) is 42.5 Å². The second kappa shape index (κ2) is 7.79. The van der Waals surface area contributed by atoms with Crippen LogP contribution >= 0.6 is 0 Å². The van der Waals surface area contributed by atoms with Crippen molar-refractivity contribution in [2.75, 3.05) is 7.11 Å². The first-order valence-corrected chi connectivity index (χ1v) is 8.53. The van der Waals surface area contributed by atoms with E-state index in [2.05, 4.69) is 24.1 Å². The molecule has 2 aromatic heterocycles. The highest BCUT2D eigenvalue weighted by atomic mass is 16.5. The summed E-state index contributed by atoms with van der Waals surface area (Å²) in [7, 11) is 1.62. The quantitative estimate of drug-likeness (QED) is 0.626. The molecule has 3 rings (SSSR count). The van der Waals surface area contributed by atoms with Gasteiger partial charge in [-0.05, 0) is 37.1 Å². The van der Waals surface area contributed by atoms with Gasteiger partial charge in [-0.15, -0.1) is 0 Å². The van der Waals surface area contributed by atoms with Crippen molar-refractivity contribution in [3.05, 3.63) is 71.2 Å². The van der Waals surface area contributed by atoms with Crippen LogP contribution in [-0.4, -0.2) is 16.7 Å². The minimum atomic E-state index is -0.0411. The highest BCUT2D eigenvalue weighted by Crippen LogP contribution is 2.28. The molecule has 25 heavy (non-hydrogen) atoms. The van der Waals surface area contributed by atoms with Gasteiger partial charge in [-0.2, -0.15) is 0 Å². The van der Waals surface area contributed by atoms with Gasteiger partial charge in [0.05, 0.1) is 12.7 Å². The molecule has 0 fully saturated rings. The largest absolute Gasteiger partial charge is 0.496 e. The number of allylic oxidation sites excluding steroid dienone is 2. The van der Waals surface area contributed by atoms with Gasteiger partial charge in [-0.3, -0.25) is 9.36 Å². The zero-order valence-electron chi connectivity index (χ0n) is 14.6. The molecule has 0 aliphatic rings. The topological polar surface area (TPSA) is 44.1 Å². The van der Waals surface area contributed by atoms with E-state index in [4.69, 9.17) is 4.74 Å². The molecule has 0 radical (unpaired) electrons. The number of hydrogen-bond donors (Lipinski definition) is 0. The first-order valence-electron chi connectivity index (χ1n) is 8.53. The highest BCUT2D eigenvalue weighted by Gasteiger charge is 2.14. The van der Waals surface area contributed by atoms with Crippen molar-refractivity contribution in [2.45, 2.75) is 26.3 Å². The maximum absolute atomic E-state index is 13.2. The van der Waals surface area contributed by atoms with E-state index < -0.39 is 0 Å². The molecule has 0 saturated carbocycles. The standard InChI is InChI=1S/C21H22N2O2/c1-3-4-5-8-14-23-20-16(10-9-13-22-20)15-18(21(23)24)17-11-6-7-12-19(17)25-2/h4-7,9-13,15H,3,8,14H2,1-2H3. The summed E-state index contributed by atoms with van der Waals surface area (Å²) in [6.07, 6.45) is 7.74. The van der Waals surface area contributed by atoms with Gasteiger partial charge < -0.3 is 4.74 Å². The number of nitrogens with zero attached hydrogens (tertiary/aromatic N) is 2. The van der Waals surface area contributed by atoms with E-state index in [9.17, 15) is 4.79 Å². The normalized spacial score (nSPS) is 11.3. The van der Waals surface area contributed by atoms with Crippen molar-refractivity contribution in [3.8, 4) is 16.9 Å². The number of ether oxygens (including phenoxy) is 1. The third-order valence-corrected chi connectivity index (χ3v) is 4.17. The maximum atomic E-state index is 13.2. The average Bonchev–Trinajstić information content (AvgIpc) is 2.66. The minimum Gasteiger partial charge on any atom is -0.496 e. The van der Waals surface area contributed by atoms with Gasteiger partial charge in [0, 0.05) is 23.7 Å². The molecule has 0 N–H and O–H groups in total. The molecule has 0 aliphatic heterocycles. The summed E-state index contributed by atoms with van der Waals surface area (Å²) in [6.45, 7) is 2.70. The minimum absolute atomic E-state index is 0.0411. The third kappa shape index (κ3) is 3.48. The van der Waals surface area contributed by atoms with Gasteiger partial charge >= 0.3 is 0 Å². The fourth-order valence-electron chi connectivity index (χ4n) is 2.96. The second-order valence-corrected chi connectivity index (χ2v) is 5.80. The van der Waals surface area contributed by atoms with Crippen molar-refractivity contribution in [2.24, 2.45) is 0 Å². The SMILES string of the molecule is CCC=CCCn1c(=O)c(-c2ccccc2OC)cc2cccnc21. The zero-order chi connectivity index (χ0) is 17.6. The van der Waals surface area contributed by atoms with E-state index in [-0.39, 0.29) is 5.56 Å². The molecule has 1 aromatic carbocycles. The molecule has 0 spiro atoms. The van der Waals surface area contributed by atoms with Crippen LogP contribution in [0.3, 0.4) is 0 Å². The Balaban J connectivity index is 2.18. The Morgan fingerprint density at radius 1 is 1.12 bits per heavy atom. The predicted molar refractivity (Wildman–Crippen MR) is 102 cm³/mol. The van der Waals surface area contributed by atoms with Crippen molar-refractivity contribution in [1.82, 2.24) is 9.55 Å². The van der Waals surface area contributed by atoms with Crippen LogP contribution in [0, 0.1) is 0 Å². The molecule has 2 heterocycles. The molecule has 0 amide bonds. The number of hydrogen-bond acceptors (Lipinski definition) is 3. The van der Waals surface area contributed by atoms with Gasteiger partial charge in [0.2, 0.25) is 0 Å². The van der Waals surface area contributed by atoms with Crippen molar-refractivity contribution in [1.29, 1.82) is 0 Å². The molecule has 0 atom stereocenters. The number of aryl methyl sites for hydroxylation is 1. The molecule has 4 nitrogen and oxygen atoms in total. The zero-order valence-corrected chi connectivity index (χ0v) is 14.6. The maximum Gasteiger partial charge on any atom is 0.260 e. The number of methoxy groups -OCH3 is 1. The van der Waals surface area contributed by atoms with Crippen LogP contribution in [0.1, 0.15) is 19.8 Å². The Bertz CT molecular complexity index is 958. The molecule has 0 bridgehead atoms. The Morgan fingerprint density at radius 2 is 1.96 bits per heavy atom. The second-order valence-electron chi connectivity index (χ2n) is 5.80. The number of fused-ring (bicyclic) bond motifs is 1. The summed E-state index contributed by atoms with van der Waals surface area (Å²) in [5, 5.41) is 0.947. The third-order valence-electron chi connectivity index (χ3n) is 4.17. The Kier molecular flexibility index (Phi) is 5.29. The highest BCUT2D eigenvalue weighted by molar-refractivity contribution is 5.82. The number of aromatic nitrogens is 2. The van der Waals surface area contributed by atoms with E-state index in [0.29, 0.717) is 17.9 Å². The van der Waals surface area contributed by atoms with E-state index in [0.717, 1.165) is 29.4 Å². The van der Waals surface area contributed by atoms with Gasteiger partial charge in [-0.25, -0.2) is 4.98 Å². The fourth-order valence-corrected chi connectivity index (χ4v) is 2.96. The van der Waals surface area contributed by atoms with E-state index in [1.54, 1.807) is 17.9 Å². The van der Waals surface area contributed by atoms with Gasteiger partial charge in [0.1, 0.15) is 11.4 Å². The van der Waals surface area contributed by atoms with Crippen molar-refractivity contribution < 1.29 is 4.74 Å². The molecule has 0 unspecified atom stereocenters. The monoisotopic (exact) mass is 334 g/mol. The number of benzene rings is 1. The fraction of sp³-hybridized carbons (Fsp3) is 0.238. The summed E-state index contributed by atoms with van der Waals surface area (Å²) in [5.74, 6) is 0.695. The van der Waals surface area contributed by atoms with Crippen LogP contribution in [-0.2, 0) is 6.54 Å². The summed E-state index contributed by atoms with van der Waals surface area (Å²) in [4.78, 5) is 17.6. The summed E-state index contributed by atoms with van der Waals surface area (Å²) in [5.41, 5.74) is 2.12. The molecular formula is C21H22N2O2. The lowest BCUT2D eigenvalue weighted by atomic mass is 10.0. The Morgan fingerprint density at radius 3 is 2.76 bits per heavy atom. The average molecular weight is 334 g/mol. The van der Waals surface area contributed by atoms with E-state index in [1.165, 1.54) is 0 Å². The Labute approximate surface area is 147 Å². The van der Waals surface area contributed by atoms with Crippen LogP contribution in [0.4, 0.5) is 0 Å². The smallest absolute Gasteiger partial charge is 0.260 e. The van der Waals surface area contributed by atoms with Crippen LogP contribution in [0.2, 0.25) is 0 Å². The number of para-hydroxylation sites is 1. The lowest BCUT2D eigenvalue weighted by Gasteiger charge is -2.13. The Hall–Kier alpha value is -2.88. The lowest BCUT2D eigenvalue weighted by molar-refractivity contribution is 0.416. The van der Waals surface area contributed by atoms with Crippen LogP contribution in [0.5, 0.6) is 5.75 Å². The van der Waals surface area contributed by atoms with Crippen LogP contribution in [0.15, 0.2) is 65.6 Å². The summed E-state index contributed by atoms with van der Waals surface area (Å²) >= 11 is 0. The molecule has 3 aromatic rings. The van der Waals surface area contributed by atoms with Crippen molar-refractivity contribution in [3.63, 3.8) is 0 Å². The molecular weight excluding hydrogens is 312 g/mol. The number of rotatable bonds is 6. The van der Waals surface area contributed by atoms with E-state index >= 15 is 0 Å². The first-order chi connectivity index (χ1) is 12.3. The van der Waals surface area contributed by atoms with Crippen LogP contribution < -0.4 is 10.3 Å². The molecule has 128 valence electrons. The lowest BCUT2D eigenvalue weighted by Crippen LogP contribution is -2.23. The molecule has 0 aliphatic carbocycles. The summed E-state index contributed by atoms with van der Waals surface area (Å²) in [6, 6.07) is 13.4. The van der Waals surface area contributed by atoms with Gasteiger partial charge in [-0.1, -0.05) is 37.3 Å². The first kappa shape index (κ1) is 17.0. The predicted octanol–water partition coefficient (Wildman–Crippen LogP) is 4.43. The van der Waals surface area contributed by atoms with Gasteiger partial charge in [0.15, 0.2) is 0 Å². The summed E-state index contributed by atoms with van der Waals surface area (Å²) < 4.78 is 7.21. The number of pyridine rings is 2. The van der Waals surface area contributed by atoms with Crippen LogP contribution in [0.25, 0.3) is 22.2 Å². The molecule has 0 saturated heterocycles. The van der Waals surface area contributed by atoms with Gasteiger partial charge in [0.25, 0.3) is 5.56 Å².